The highest BCUT2D eigenvalue weighted by atomic mass is 16.3. The first-order valence-electron chi connectivity index (χ1n) is 5.76. The van der Waals surface area contributed by atoms with Gasteiger partial charge in [0.05, 0.1) is 12.3 Å². The lowest BCUT2D eigenvalue weighted by molar-refractivity contribution is 0.454. The van der Waals surface area contributed by atoms with E-state index in [2.05, 4.69) is 37.5 Å². The smallest absolute Gasteiger partial charge is 0.105 e. The summed E-state index contributed by atoms with van der Waals surface area (Å²) in [6.45, 7) is 4.19. The molecule has 0 saturated heterocycles. The first kappa shape index (κ1) is 11.9. The molecule has 0 radical (unpaired) electrons. The largest absolute Gasteiger partial charge is 0.469 e. The van der Waals surface area contributed by atoms with Crippen LogP contribution in [-0.4, -0.2) is 0 Å². The van der Waals surface area contributed by atoms with E-state index in [0.29, 0.717) is 0 Å². The molecular formula is C14H18N2O. The minimum absolute atomic E-state index is 0.0843. The average molecular weight is 230 g/mol. The lowest BCUT2D eigenvalue weighted by Gasteiger charge is -2.18. The van der Waals surface area contributed by atoms with E-state index in [-0.39, 0.29) is 6.04 Å². The van der Waals surface area contributed by atoms with Gasteiger partial charge in [-0.2, -0.15) is 0 Å². The molecule has 0 saturated carbocycles. The van der Waals surface area contributed by atoms with Gasteiger partial charge in [0, 0.05) is 6.42 Å². The van der Waals surface area contributed by atoms with Gasteiger partial charge in [-0.3, -0.25) is 11.3 Å². The van der Waals surface area contributed by atoms with Crippen molar-refractivity contribution in [2.45, 2.75) is 26.3 Å². The Hall–Kier alpha value is -1.58. The second kappa shape index (κ2) is 5.17. The van der Waals surface area contributed by atoms with Crippen LogP contribution in [-0.2, 0) is 6.42 Å². The Morgan fingerprint density at radius 1 is 1.29 bits per heavy atom. The summed E-state index contributed by atoms with van der Waals surface area (Å²) in [7, 11) is 0. The number of nitrogens with two attached hydrogens (primary N) is 1. The SMILES string of the molecule is Cc1ccc(C)c(C(Cc2ccco2)NN)c1. The Morgan fingerprint density at radius 2 is 2.12 bits per heavy atom. The minimum atomic E-state index is 0.0843. The quantitative estimate of drug-likeness (QED) is 0.627. The van der Waals surface area contributed by atoms with Gasteiger partial charge in [-0.25, -0.2) is 0 Å². The molecule has 3 N–H and O–H groups in total. The van der Waals surface area contributed by atoms with Gasteiger partial charge in [0.15, 0.2) is 0 Å². The highest BCUT2D eigenvalue weighted by Gasteiger charge is 2.14. The van der Waals surface area contributed by atoms with Crippen LogP contribution < -0.4 is 11.3 Å². The van der Waals surface area contributed by atoms with Gasteiger partial charge in [-0.05, 0) is 37.1 Å². The minimum Gasteiger partial charge on any atom is -0.469 e. The van der Waals surface area contributed by atoms with Gasteiger partial charge in [-0.15, -0.1) is 0 Å². The summed E-state index contributed by atoms with van der Waals surface area (Å²) in [4.78, 5) is 0. The normalized spacial score (nSPS) is 12.6. The molecule has 3 nitrogen and oxygen atoms in total. The van der Waals surface area contributed by atoms with Gasteiger partial charge >= 0.3 is 0 Å². The topological polar surface area (TPSA) is 51.2 Å². The Kier molecular flexibility index (Phi) is 3.61. The van der Waals surface area contributed by atoms with Gasteiger partial charge in [-0.1, -0.05) is 23.8 Å². The zero-order valence-corrected chi connectivity index (χ0v) is 10.2. The molecule has 3 heteroatoms. The van der Waals surface area contributed by atoms with E-state index in [0.717, 1.165) is 12.2 Å². The molecule has 17 heavy (non-hydrogen) atoms. The molecule has 1 aromatic carbocycles. The predicted molar refractivity (Wildman–Crippen MR) is 68.4 cm³/mol. The van der Waals surface area contributed by atoms with Crippen LogP contribution >= 0.6 is 0 Å². The summed E-state index contributed by atoms with van der Waals surface area (Å²) < 4.78 is 5.36. The van der Waals surface area contributed by atoms with Crippen LogP contribution in [0, 0.1) is 13.8 Å². The van der Waals surface area contributed by atoms with Crippen molar-refractivity contribution < 1.29 is 4.42 Å². The van der Waals surface area contributed by atoms with E-state index in [9.17, 15) is 0 Å². The van der Waals surface area contributed by atoms with E-state index in [4.69, 9.17) is 10.3 Å². The number of hydrogen-bond acceptors (Lipinski definition) is 3. The van der Waals surface area contributed by atoms with Crippen molar-refractivity contribution in [1.29, 1.82) is 0 Å². The molecular weight excluding hydrogens is 212 g/mol. The number of benzene rings is 1. The standard InChI is InChI=1S/C14H18N2O/c1-10-5-6-11(2)13(8-10)14(16-15)9-12-4-3-7-17-12/h3-8,14,16H,9,15H2,1-2H3. The molecule has 1 unspecified atom stereocenters. The monoisotopic (exact) mass is 230 g/mol. The molecule has 0 aliphatic heterocycles. The second-order valence-corrected chi connectivity index (χ2v) is 4.36. The van der Waals surface area contributed by atoms with Gasteiger partial charge in [0.1, 0.15) is 5.76 Å². The van der Waals surface area contributed by atoms with Crippen molar-refractivity contribution in [2.24, 2.45) is 5.84 Å². The third-order valence-corrected chi connectivity index (χ3v) is 3.00. The van der Waals surface area contributed by atoms with Crippen LogP contribution in [0.2, 0.25) is 0 Å². The molecule has 0 aliphatic carbocycles. The lowest BCUT2D eigenvalue weighted by atomic mass is 9.96. The van der Waals surface area contributed by atoms with Crippen LogP contribution in [0.3, 0.4) is 0 Å². The average Bonchev–Trinajstić information content (AvgIpc) is 2.82. The van der Waals surface area contributed by atoms with Crippen molar-refractivity contribution in [1.82, 2.24) is 5.43 Å². The maximum Gasteiger partial charge on any atom is 0.105 e. The zero-order valence-electron chi connectivity index (χ0n) is 10.2. The van der Waals surface area contributed by atoms with E-state index in [1.165, 1.54) is 16.7 Å². The fraction of sp³-hybridized carbons (Fsp3) is 0.286. The number of nitrogens with one attached hydrogen (secondary N) is 1. The van der Waals surface area contributed by atoms with Crippen LogP contribution in [0.25, 0.3) is 0 Å². The maximum atomic E-state index is 5.65. The number of aryl methyl sites for hydroxylation is 2. The van der Waals surface area contributed by atoms with Crippen LogP contribution in [0.15, 0.2) is 41.0 Å². The Labute approximate surface area is 102 Å². The fourth-order valence-corrected chi connectivity index (χ4v) is 2.02. The Bertz CT molecular complexity index is 477. The van der Waals surface area contributed by atoms with Crippen LogP contribution in [0.4, 0.5) is 0 Å². The molecule has 0 amide bonds. The molecule has 90 valence electrons. The molecule has 1 heterocycles. The first-order chi connectivity index (χ1) is 8.20. The third-order valence-electron chi connectivity index (χ3n) is 3.00. The predicted octanol–water partition coefficient (Wildman–Crippen LogP) is 2.64. The molecule has 1 atom stereocenters. The zero-order chi connectivity index (χ0) is 12.3. The number of rotatable bonds is 4. The van der Waals surface area contributed by atoms with Crippen molar-refractivity contribution in [3.63, 3.8) is 0 Å². The van der Waals surface area contributed by atoms with E-state index >= 15 is 0 Å². The van der Waals surface area contributed by atoms with Crippen molar-refractivity contribution >= 4 is 0 Å². The summed E-state index contributed by atoms with van der Waals surface area (Å²) in [5.41, 5.74) is 6.57. The summed E-state index contributed by atoms with van der Waals surface area (Å²) in [5, 5.41) is 0. The maximum absolute atomic E-state index is 5.65. The van der Waals surface area contributed by atoms with Gasteiger partial charge in [0.2, 0.25) is 0 Å². The van der Waals surface area contributed by atoms with Gasteiger partial charge in [0.25, 0.3) is 0 Å². The van der Waals surface area contributed by atoms with E-state index < -0.39 is 0 Å². The van der Waals surface area contributed by atoms with Crippen LogP contribution in [0.5, 0.6) is 0 Å². The van der Waals surface area contributed by atoms with Crippen molar-refractivity contribution in [2.75, 3.05) is 0 Å². The summed E-state index contributed by atoms with van der Waals surface area (Å²) >= 11 is 0. The fourth-order valence-electron chi connectivity index (χ4n) is 2.02. The summed E-state index contributed by atoms with van der Waals surface area (Å²) in [5.74, 6) is 6.59. The third kappa shape index (κ3) is 2.75. The molecule has 2 rings (SSSR count). The summed E-state index contributed by atoms with van der Waals surface area (Å²) in [6.07, 6.45) is 2.44. The summed E-state index contributed by atoms with van der Waals surface area (Å²) in [6, 6.07) is 10.3. The molecule has 0 bridgehead atoms. The lowest BCUT2D eigenvalue weighted by Crippen LogP contribution is -2.30. The number of hydrazine groups is 1. The number of furan rings is 1. The van der Waals surface area contributed by atoms with E-state index in [1.807, 2.05) is 12.1 Å². The molecule has 0 aliphatic rings. The molecule has 0 spiro atoms. The number of hydrogen-bond donors (Lipinski definition) is 2. The molecule has 1 aromatic heterocycles. The highest BCUT2D eigenvalue weighted by Crippen LogP contribution is 2.22. The second-order valence-electron chi connectivity index (χ2n) is 4.36. The first-order valence-corrected chi connectivity index (χ1v) is 5.76. The Balaban J connectivity index is 2.25. The van der Waals surface area contributed by atoms with Gasteiger partial charge < -0.3 is 4.42 Å². The van der Waals surface area contributed by atoms with Crippen molar-refractivity contribution in [3.8, 4) is 0 Å². The molecule has 2 aromatic rings. The molecule has 0 fully saturated rings. The highest BCUT2D eigenvalue weighted by molar-refractivity contribution is 5.33. The van der Waals surface area contributed by atoms with E-state index in [1.54, 1.807) is 6.26 Å². The Morgan fingerprint density at radius 3 is 2.76 bits per heavy atom. The van der Waals surface area contributed by atoms with Crippen LogP contribution in [0.1, 0.15) is 28.5 Å². The van der Waals surface area contributed by atoms with Crippen molar-refractivity contribution in [3.05, 3.63) is 59.0 Å².